The first-order chi connectivity index (χ1) is 18.7. The Balaban J connectivity index is 0. The number of hydrogen-bond donors (Lipinski definition) is 10. The van der Waals surface area contributed by atoms with Crippen molar-refractivity contribution in [1.29, 1.82) is 0 Å². The summed E-state index contributed by atoms with van der Waals surface area (Å²) in [7, 11) is 0. The second-order valence-corrected chi connectivity index (χ2v) is 8.54. The van der Waals surface area contributed by atoms with E-state index in [1.54, 1.807) is 0 Å². The number of nitrogens with zero attached hydrogens (tertiary/aromatic N) is 3. The minimum Gasteiger partial charge on any atom is -0.481 e. The number of nitrogens with two attached hydrogens (primary N) is 2. The van der Waals surface area contributed by atoms with Crippen LogP contribution in [0.1, 0.15) is 25.7 Å². The van der Waals surface area contributed by atoms with Crippen LogP contribution in [0.2, 0.25) is 0 Å². The Morgan fingerprint density at radius 3 is 0.927 bits per heavy atom. The van der Waals surface area contributed by atoms with Gasteiger partial charge in [0.2, 0.25) is 0 Å². The van der Waals surface area contributed by atoms with Crippen molar-refractivity contribution in [1.82, 2.24) is 14.9 Å². The molecular weight excluding hydrogens is 566 g/mol. The summed E-state index contributed by atoms with van der Waals surface area (Å²) in [4.78, 5) is 88.0. The molecule has 0 aromatic carbocycles. The Bertz CT molecular complexity index is 871. The lowest BCUT2D eigenvalue weighted by Gasteiger charge is -2.41. The van der Waals surface area contributed by atoms with Crippen LogP contribution in [-0.4, -0.2) is 148 Å². The molecule has 21 nitrogen and oxygen atoms in total. The summed E-state index contributed by atoms with van der Waals surface area (Å²) >= 11 is 0. The van der Waals surface area contributed by atoms with Gasteiger partial charge >= 0.3 is 47.8 Å². The van der Waals surface area contributed by atoms with E-state index >= 15 is 0 Å². The lowest BCUT2D eigenvalue weighted by atomic mass is 9.74. The number of carboxylic acids is 8. The highest BCUT2D eigenvalue weighted by atomic mass is 16.4. The molecule has 0 aromatic rings. The fourth-order valence-corrected chi connectivity index (χ4v) is 3.62. The number of hydrazine groups is 2. The van der Waals surface area contributed by atoms with Crippen LogP contribution in [-0.2, 0) is 38.4 Å². The minimum atomic E-state index is -2.05. The molecule has 21 heteroatoms. The molecule has 0 rings (SSSR count). The molecule has 0 amide bonds. The Morgan fingerprint density at radius 1 is 0.488 bits per heavy atom. The average Bonchev–Trinajstić information content (AvgIpc) is 2.73. The van der Waals surface area contributed by atoms with E-state index in [0.717, 1.165) is 9.80 Å². The number of aliphatic carboxylic acids is 8. The molecule has 0 saturated heterocycles. The van der Waals surface area contributed by atoms with Gasteiger partial charge in [0.15, 0.2) is 0 Å². The van der Waals surface area contributed by atoms with Gasteiger partial charge in [0.25, 0.3) is 0 Å². The van der Waals surface area contributed by atoms with Gasteiger partial charge in [-0.25, -0.2) is 0 Å². The van der Waals surface area contributed by atoms with Gasteiger partial charge in [-0.15, -0.1) is 0 Å². The first-order valence-corrected chi connectivity index (χ1v) is 11.2. The molecule has 0 fully saturated rings. The highest BCUT2D eigenvalue weighted by Gasteiger charge is 2.47. The van der Waals surface area contributed by atoms with E-state index in [9.17, 15) is 38.4 Å². The highest BCUT2D eigenvalue weighted by molar-refractivity contribution is 5.76. The van der Waals surface area contributed by atoms with Crippen molar-refractivity contribution in [3.05, 3.63) is 0 Å². The molecule has 0 heterocycles. The third kappa shape index (κ3) is 18.5. The summed E-state index contributed by atoms with van der Waals surface area (Å²) in [5.41, 5.74) is -2.05. The second-order valence-electron chi connectivity index (χ2n) is 8.54. The molecule has 12 N–H and O–H groups in total. The zero-order valence-corrected chi connectivity index (χ0v) is 21.5. The fraction of sp³-hybridized carbons (Fsp3) is 0.600. The quantitative estimate of drug-likeness (QED) is 0.0446. The largest absolute Gasteiger partial charge is 0.481 e. The maximum Gasteiger partial charge on any atom is 0.317 e. The monoisotopic (exact) mass is 599 g/mol. The van der Waals surface area contributed by atoms with Gasteiger partial charge in [-0.3, -0.25) is 59.8 Å². The maximum absolute atomic E-state index is 11.0. The van der Waals surface area contributed by atoms with E-state index in [2.05, 4.69) is 0 Å². The summed E-state index contributed by atoms with van der Waals surface area (Å²) in [6.07, 6.45) is -3.43. The molecule has 0 aliphatic rings. The Hall–Kier alpha value is -4.44. The molecule has 0 bridgehead atoms. The third-order valence-electron chi connectivity index (χ3n) is 5.20. The van der Waals surface area contributed by atoms with E-state index < -0.39 is 111 Å². The van der Waals surface area contributed by atoms with Crippen molar-refractivity contribution in [2.45, 2.75) is 31.2 Å². The lowest BCUT2D eigenvalue weighted by Crippen LogP contribution is -2.63. The van der Waals surface area contributed by atoms with E-state index in [-0.39, 0.29) is 18.2 Å². The molecule has 0 aliphatic carbocycles. The summed E-state index contributed by atoms with van der Waals surface area (Å²) in [6.45, 7) is -2.25. The van der Waals surface area contributed by atoms with Crippen LogP contribution < -0.4 is 11.7 Å². The topological polar surface area (TPSA) is 360 Å². The number of hydrogen-bond acceptors (Lipinski definition) is 13. The second kappa shape index (κ2) is 18.8. The Morgan fingerprint density at radius 2 is 0.756 bits per heavy atom. The van der Waals surface area contributed by atoms with Crippen LogP contribution in [0.3, 0.4) is 0 Å². The zero-order chi connectivity index (χ0) is 32.5. The average molecular weight is 600 g/mol. The molecule has 0 aliphatic heterocycles. The van der Waals surface area contributed by atoms with Gasteiger partial charge in [-0.05, 0) is 0 Å². The normalized spacial score (nSPS) is 11.2. The van der Waals surface area contributed by atoms with Gasteiger partial charge in [0.05, 0.1) is 57.4 Å². The first-order valence-electron chi connectivity index (χ1n) is 11.2. The van der Waals surface area contributed by atoms with Crippen LogP contribution in [0.5, 0.6) is 0 Å². The Kier molecular flexibility index (Phi) is 17.7. The van der Waals surface area contributed by atoms with Gasteiger partial charge in [-0.1, -0.05) is 0 Å². The van der Waals surface area contributed by atoms with Crippen LogP contribution in [0.25, 0.3) is 0 Å². The molecule has 0 aromatic heterocycles. The van der Waals surface area contributed by atoms with Crippen molar-refractivity contribution >= 4 is 47.8 Å². The van der Waals surface area contributed by atoms with Gasteiger partial charge in [-0.2, -0.15) is 5.12 Å². The van der Waals surface area contributed by atoms with Crippen LogP contribution in [0.4, 0.5) is 0 Å². The number of carboxylic acid groups (broad SMARTS) is 8. The summed E-state index contributed by atoms with van der Waals surface area (Å²) < 4.78 is 0. The van der Waals surface area contributed by atoms with Crippen molar-refractivity contribution in [2.75, 3.05) is 39.3 Å². The molecule has 0 radical (unpaired) electrons. The zero-order valence-electron chi connectivity index (χ0n) is 21.5. The van der Waals surface area contributed by atoms with E-state index in [1.165, 1.54) is 0 Å². The predicted octanol–water partition coefficient (Wildman–Crippen LogP) is -3.78. The van der Waals surface area contributed by atoms with Gasteiger partial charge in [0, 0.05) is 19.0 Å². The van der Waals surface area contributed by atoms with E-state index in [0.29, 0.717) is 0 Å². The van der Waals surface area contributed by atoms with E-state index in [1.807, 2.05) is 0 Å². The predicted molar refractivity (Wildman–Crippen MR) is 129 cm³/mol. The highest BCUT2D eigenvalue weighted by Crippen LogP contribution is 2.34. The molecule has 0 spiro atoms. The van der Waals surface area contributed by atoms with Crippen molar-refractivity contribution in [2.24, 2.45) is 17.6 Å². The summed E-state index contributed by atoms with van der Waals surface area (Å²) in [5.74, 6) is -1.51. The minimum absolute atomic E-state index is 0.0703. The van der Waals surface area contributed by atoms with Gasteiger partial charge in [0.1, 0.15) is 0 Å². The Labute approximate surface area is 230 Å². The lowest BCUT2D eigenvalue weighted by molar-refractivity contribution is -0.156. The number of carbonyl (C=O) groups is 8. The molecule has 41 heavy (non-hydrogen) atoms. The third-order valence-corrected chi connectivity index (χ3v) is 5.20. The molecular formula is C20H33N5O16. The van der Waals surface area contributed by atoms with Crippen LogP contribution in [0.15, 0.2) is 0 Å². The molecule has 0 atom stereocenters. The summed E-state index contributed by atoms with van der Waals surface area (Å²) in [5, 5.41) is 70.2. The standard InChI is InChI=1S/C10H17N3O8.C10H16N2O8/c11-13(12)10(3-8(18)19,4-9(20)21)5(1-6(14)15)2-7(16)17;13-7(14)3-11(4-8(15)16)1-2-12(5-9(17)18)6-10(19)20/h5H,1-4,11-12H2,(H,14,15)(H,16,17)(H,18,19)(H,20,21);1-6H2,(H,13,14)(H,15,16)(H,17,18)(H,19,20). The summed E-state index contributed by atoms with van der Waals surface area (Å²) in [6, 6.07) is 0. The van der Waals surface area contributed by atoms with Crippen LogP contribution in [0, 0.1) is 5.92 Å². The van der Waals surface area contributed by atoms with Crippen molar-refractivity contribution in [3.8, 4) is 0 Å². The SMILES string of the molecule is NN(N)C(CC(=O)O)(CC(=O)O)C(CC(=O)O)CC(=O)O.O=C(O)CN(CCN(CC(=O)O)CC(=O)O)CC(=O)O. The van der Waals surface area contributed by atoms with Gasteiger partial charge < -0.3 is 40.9 Å². The van der Waals surface area contributed by atoms with Crippen LogP contribution >= 0.6 is 0 Å². The number of rotatable bonds is 21. The first kappa shape index (κ1) is 38.7. The molecule has 234 valence electrons. The van der Waals surface area contributed by atoms with E-state index in [4.69, 9.17) is 52.5 Å². The molecule has 0 saturated carbocycles. The molecule has 0 unspecified atom stereocenters. The van der Waals surface area contributed by atoms with Crippen molar-refractivity contribution < 1.29 is 79.2 Å². The van der Waals surface area contributed by atoms with Crippen molar-refractivity contribution in [3.63, 3.8) is 0 Å². The smallest absolute Gasteiger partial charge is 0.317 e. The maximum atomic E-state index is 11.0. The fourth-order valence-electron chi connectivity index (χ4n) is 3.62.